The summed E-state index contributed by atoms with van der Waals surface area (Å²) < 4.78 is 2.82. The number of para-hydroxylation sites is 1. The molecule has 0 fully saturated rings. The molecule has 0 bridgehead atoms. The van der Waals surface area contributed by atoms with Crippen LogP contribution in [0.1, 0.15) is 5.56 Å². The summed E-state index contributed by atoms with van der Waals surface area (Å²) in [5.74, 6) is 0. The average Bonchev–Trinajstić information content (AvgIpc) is 2.76. The van der Waals surface area contributed by atoms with Gasteiger partial charge in [0.1, 0.15) is 0 Å². The summed E-state index contributed by atoms with van der Waals surface area (Å²) in [6.07, 6.45) is 0. The van der Waals surface area contributed by atoms with Crippen molar-refractivity contribution in [2.45, 2.75) is 13.2 Å². The molecule has 96 valence electrons. The van der Waals surface area contributed by atoms with Crippen LogP contribution in [0, 0.1) is 0 Å². The van der Waals surface area contributed by atoms with E-state index in [0.717, 1.165) is 16.8 Å². The van der Waals surface area contributed by atoms with Gasteiger partial charge in [0.2, 0.25) is 0 Å². The standard InChI is InChI=1S/C15H14N2OS/c18-15-17(13-8-4-5-9-14(13)19-15)11-16-10-12-6-2-1-3-7-12/h1-9,16H,10-11H2. The fraction of sp³-hybridized carbons (Fsp3) is 0.133. The molecule has 0 saturated carbocycles. The Labute approximate surface area is 115 Å². The zero-order valence-electron chi connectivity index (χ0n) is 10.4. The lowest BCUT2D eigenvalue weighted by Gasteiger charge is -2.06. The minimum Gasteiger partial charge on any atom is -0.295 e. The SMILES string of the molecule is O=c1sc2ccccc2n1CNCc1ccccc1. The number of nitrogens with zero attached hydrogens (tertiary/aromatic N) is 1. The smallest absolute Gasteiger partial charge is 0.295 e. The van der Waals surface area contributed by atoms with E-state index < -0.39 is 0 Å². The van der Waals surface area contributed by atoms with Crippen molar-refractivity contribution in [2.75, 3.05) is 0 Å². The highest BCUT2D eigenvalue weighted by atomic mass is 32.1. The third-order valence-corrected chi connectivity index (χ3v) is 3.98. The second-order valence-electron chi connectivity index (χ2n) is 4.33. The summed E-state index contributed by atoms with van der Waals surface area (Å²) in [6.45, 7) is 1.30. The van der Waals surface area contributed by atoms with E-state index in [9.17, 15) is 4.79 Å². The van der Waals surface area contributed by atoms with Gasteiger partial charge in [-0.15, -0.1) is 0 Å². The van der Waals surface area contributed by atoms with E-state index in [1.54, 1.807) is 4.57 Å². The van der Waals surface area contributed by atoms with Gasteiger partial charge in [-0.1, -0.05) is 53.8 Å². The number of rotatable bonds is 4. The third kappa shape index (κ3) is 2.59. The molecule has 0 saturated heterocycles. The van der Waals surface area contributed by atoms with Crippen LogP contribution in [-0.2, 0) is 13.2 Å². The van der Waals surface area contributed by atoms with E-state index in [0.29, 0.717) is 6.67 Å². The van der Waals surface area contributed by atoms with E-state index in [2.05, 4.69) is 17.4 Å². The van der Waals surface area contributed by atoms with Gasteiger partial charge < -0.3 is 0 Å². The molecule has 4 heteroatoms. The number of thiazole rings is 1. The summed E-state index contributed by atoms with van der Waals surface area (Å²) in [6, 6.07) is 18.1. The molecule has 3 nitrogen and oxygen atoms in total. The number of hydrogen-bond donors (Lipinski definition) is 1. The third-order valence-electron chi connectivity index (χ3n) is 3.02. The van der Waals surface area contributed by atoms with Crippen LogP contribution < -0.4 is 10.2 Å². The summed E-state index contributed by atoms with van der Waals surface area (Å²) in [5.41, 5.74) is 2.22. The van der Waals surface area contributed by atoms with Crippen molar-refractivity contribution >= 4 is 21.6 Å². The van der Waals surface area contributed by atoms with Gasteiger partial charge in [-0.2, -0.15) is 0 Å². The highest BCUT2D eigenvalue weighted by Gasteiger charge is 2.05. The lowest BCUT2D eigenvalue weighted by atomic mass is 10.2. The highest BCUT2D eigenvalue weighted by Crippen LogP contribution is 2.15. The Balaban J connectivity index is 1.75. The summed E-state index contributed by atoms with van der Waals surface area (Å²) in [5, 5.41) is 3.31. The van der Waals surface area contributed by atoms with Crippen molar-refractivity contribution in [1.29, 1.82) is 0 Å². The van der Waals surface area contributed by atoms with Crippen LogP contribution in [0.2, 0.25) is 0 Å². The van der Waals surface area contributed by atoms with Crippen LogP contribution in [-0.4, -0.2) is 4.57 Å². The summed E-state index contributed by atoms with van der Waals surface area (Å²) in [7, 11) is 0. The molecular weight excluding hydrogens is 256 g/mol. The lowest BCUT2D eigenvalue weighted by molar-refractivity contribution is 0.564. The summed E-state index contributed by atoms with van der Waals surface area (Å²) in [4.78, 5) is 12.0. The Bertz CT molecular complexity index is 730. The molecular formula is C15H14N2OS. The van der Waals surface area contributed by atoms with E-state index in [-0.39, 0.29) is 4.87 Å². The molecule has 0 atom stereocenters. The maximum atomic E-state index is 11.9. The van der Waals surface area contributed by atoms with Gasteiger partial charge in [-0.3, -0.25) is 14.7 Å². The van der Waals surface area contributed by atoms with Crippen molar-refractivity contribution in [3.05, 3.63) is 69.8 Å². The Morgan fingerprint density at radius 1 is 1.00 bits per heavy atom. The highest BCUT2D eigenvalue weighted by molar-refractivity contribution is 7.16. The van der Waals surface area contributed by atoms with Crippen LogP contribution in [0.4, 0.5) is 0 Å². The van der Waals surface area contributed by atoms with Gasteiger partial charge in [0.25, 0.3) is 0 Å². The molecule has 0 amide bonds. The maximum Gasteiger partial charge on any atom is 0.309 e. The van der Waals surface area contributed by atoms with Crippen molar-refractivity contribution in [3.8, 4) is 0 Å². The number of nitrogens with one attached hydrogen (secondary N) is 1. The first kappa shape index (κ1) is 12.1. The molecule has 0 spiro atoms. The summed E-state index contributed by atoms with van der Waals surface area (Å²) >= 11 is 1.29. The second-order valence-corrected chi connectivity index (χ2v) is 5.33. The van der Waals surface area contributed by atoms with Crippen LogP contribution in [0.15, 0.2) is 59.4 Å². The Hall–Kier alpha value is -1.91. The minimum atomic E-state index is 0.0850. The van der Waals surface area contributed by atoms with Gasteiger partial charge in [-0.05, 0) is 17.7 Å². The first-order valence-corrected chi connectivity index (χ1v) is 6.99. The van der Waals surface area contributed by atoms with Gasteiger partial charge in [-0.25, -0.2) is 0 Å². The fourth-order valence-corrected chi connectivity index (χ4v) is 2.96. The van der Waals surface area contributed by atoms with Crippen LogP contribution >= 0.6 is 11.3 Å². The molecule has 3 aromatic rings. The number of fused-ring (bicyclic) bond motifs is 1. The quantitative estimate of drug-likeness (QED) is 0.791. The Kier molecular flexibility index (Phi) is 3.44. The first-order valence-electron chi connectivity index (χ1n) is 6.17. The molecule has 0 radical (unpaired) electrons. The molecule has 2 aromatic carbocycles. The molecule has 1 aromatic heterocycles. The molecule has 19 heavy (non-hydrogen) atoms. The molecule has 1 N–H and O–H groups in total. The van der Waals surface area contributed by atoms with E-state index >= 15 is 0 Å². The molecule has 0 aliphatic heterocycles. The van der Waals surface area contributed by atoms with Gasteiger partial charge >= 0.3 is 4.87 Å². The van der Waals surface area contributed by atoms with Crippen LogP contribution in [0.5, 0.6) is 0 Å². The fourth-order valence-electron chi connectivity index (χ4n) is 2.07. The van der Waals surface area contributed by atoms with Crippen molar-refractivity contribution < 1.29 is 0 Å². The largest absolute Gasteiger partial charge is 0.309 e. The van der Waals surface area contributed by atoms with E-state index in [1.807, 2.05) is 42.5 Å². The van der Waals surface area contributed by atoms with Crippen LogP contribution in [0.3, 0.4) is 0 Å². The predicted octanol–water partition coefficient (Wildman–Crippen LogP) is 2.81. The zero-order valence-corrected chi connectivity index (χ0v) is 11.2. The topological polar surface area (TPSA) is 34.0 Å². The van der Waals surface area contributed by atoms with E-state index in [4.69, 9.17) is 0 Å². The van der Waals surface area contributed by atoms with Gasteiger partial charge in [0.15, 0.2) is 0 Å². The van der Waals surface area contributed by atoms with Crippen molar-refractivity contribution in [1.82, 2.24) is 9.88 Å². The Morgan fingerprint density at radius 2 is 1.74 bits per heavy atom. The molecule has 3 rings (SSSR count). The normalized spacial score (nSPS) is 10.9. The van der Waals surface area contributed by atoms with Crippen molar-refractivity contribution in [2.24, 2.45) is 0 Å². The predicted molar refractivity (Wildman–Crippen MR) is 79.4 cm³/mol. The molecule has 0 unspecified atom stereocenters. The van der Waals surface area contributed by atoms with Gasteiger partial charge in [0.05, 0.1) is 16.9 Å². The Morgan fingerprint density at radius 3 is 2.58 bits per heavy atom. The minimum absolute atomic E-state index is 0.0850. The zero-order chi connectivity index (χ0) is 13.1. The number of aromatic nitrogens is 1. The molecule has 1 heterocycles. The molecule has 0 aliphatic rings. The van der Waals surface area contributed by atoms with Gasteiger partial charge in [0, 0.05) is 6.54 Å². The monoisotopic (exact) mass is 270 g/mol. The average molecular weight is 270 g/mol. The lowest BCUT2D eigenvalue weighted by Crippen LogP contribution is -2.24. The van der Waals surface area contributed by atoms with E-state index in [1.165, 1.54) is 16.9 Å². The van der Waals surface area contributed by atoms with Crippen LogP contribution in [0.25, 0.3) is 10.2 Å². The maximum absolute atomic E-state index is 11.9. The van der Waals surface area contributed by atoms with Crippen molar-refractivity contribution in [3.63, 3.8) is 0 Å². The second kappa shape index (κ2) is 5.38. The number of benzene rings is 2. The molecule has 0 aliphatic carbocycles. The first-order chi connectivity index (χ1) is 9.34. The number of hydrogen-bond acceptors (Lipinski definition) is 3.